The highest BCUT2D eigenvalue weighted by molar-refractivity contribution is 5.82. The molecule has 3 N–H and O–H groups in total. The molecule has 0 saturated heterocycles. The summed E-state index contributed by atoms with van der Waals surface area (Å²) >= 11 is 0. The van der Waals surface area contributed by atoms with Crippen molar-refractivity contribution in [2.45, 2.75) is 44.2 Å². The van der Waals surface area contributed by atoms with E-state index in [1.807, 2.05) is 12.3 Å². The van der Waals surface area contributed by atoms with E-state index in [1.54, 1.807) is 0 Å². The lowest BCUT2D eigenvalue weighted by Crippen LogP contribution is -2.47. The van der Waals surface area contributed by atoms with Crippen LogP contribution in [-0.4, -0.2) is 17.2 Å². The van der Waals surface area contributed by atoms with Gasteiger partial charge in [-0.25, -0.2) is 5.43 Å². The highest BCUT2D eigenvalue weighted by Gasteiger charge is 2.43. The molecule has 1 unspecified atom stereocenters. The fourth-order valence-electron chi connectivity index (χ4n) is 3.66. The summed E-state index contributed by atoms with van der Waals surface area (Å²) < 4.78 is 6.18. The predicted molar refractivity (Wildman–Crippen MR) is 84.6 cm³/mol. The van der Waals surface area contributed by atoms with Gasteiger partial charge in [-0.1, -0.05) is 37.1 Å². The summed E-state index contributed by atoms with van der Waals surface area (Å²) in [6, 6.07) is 10.3. The summed E-state index contributed by atoms with van der Waals surface area (Å²) in [6.45, 7) is 2.76. The Balaban J connectivity index is 2.09. The number of rotatable bonds is 5. The number of fused-ring (bicyclic) bond motifs is 1. The SMILES string of the molecule is CCOC1(C(NN)c2cccc3cccnc23)CCCC1. The van der Waals surface area contributed by atoms with Gasteiger partial charge in [0, 0.05) is 18.2 Å². The molecule has 1 aliphatic carbocycles. The van der Waals surface area contributed by atoms with Crippen LogP contribution in [0.5, 0.6) is 0 Å². The van der Waals surface area contributed by atoms with Crippen molar-refractivity contribution in [3.63, 3.8) is 0 Å². The van der Waals surface area contributed by atoms with Gasteiger partial charge in [0.1, 0.15) is 0 Å². The van der Waals surface area contributed by atoms with Gasteiger partial charge in [-0.3, -0.25) is 10.8 Å². The number of nitrogens with zero attached hydrogens (tertiary/aromatic N) is 1. The summed E-state index contributed by atoms with van der Waals surface area (Å²) in [4.78, 5) is 4.56. The van der Waals surface area contributed by atoms with Crippen molar-refractivity contribution in [1.82, 2.24) is 10.4 Å². The molecule has 1 fully saturated rings. The van der Waals surface area contributed by atoms with Gasteiger partial charge >= 0.3 is 0 Å². The molecule has 2 aromatic rings. The topological polar surface area (TPSA) is 60.2 Å². The zero-order valence-corrected chi connectivity index (χ0v) is 12.5. The summed E-state index contributed by atoms with van der Waals surface area (Å²) in [7, 11) is 0. The lowest BCUT2D eigenvalue weighted by molar-refractivity contribution is -0.0624. The Morgan fingerprint density at radius 2 is 2.05 bits per heavy atom. The van der Waals surface area contributed by atoms with E-state index in [1.165, 1.54) is 12.8 Å². The van der Waals surface area contributed by atoms with Crippen LogP contribution in [0.4, 0.5) is 0 Å². The fourth-order valence-corrected chi connectivity index (χ4v) is 3.66. The number of hydrogen-bond donors (Lipinski definition) is 2. The van der Waals surface area contributed by atoms with E-state index in [0.29, 0.717) is 6.61 Å². The highest BCUT2D eigenvalue weighted by atomic mass is 16.5. The molecule has 0 bridgehead atoms. The van der Waals surface area contributed by atoms with Crippen LogP contribution in [0.15, 0.2) is 36.5 Å². The van der Waals surface area contributed by atoms with Crippen LogP contribution in [0.2, 0.25) is 0 Å². The maximum Gasteiger partial charge on any atom is 0.0889 e. The van der Waals surface area contributed by atoms with Crippen LogP contribution in [0.1, 0.15) is 44.2 Å². The van der Waals surface area contributed by atoms with Crippen LogP contribution in [0.25, 0.3) is 10.9 Å². The van der Waals surface area contributed by atoms with Gasteiger partial charge in [-0.2, -0.15) is 0 Å². The average Bonchev–Trinajstić information content (AvgIpc) is 2.98. The van der Waals surface area contributed by atoms with Gasteiger partial charge in [0.2, 0.25) is 0 Å². The van der Waals surface area contributed by atoms with Crippen molar-refractivity contribution in [3.05, 3.63) is 42.1 Å². The number of ether oxygens (including phenoxy) is 1. The number of benzene rings is 1. The highest BCUT2D eigenvalue weighted by Crippen LogP contribution is 2.43. The number of nitrogens with two attached hydrogens (primary N) is 1. The molecule has 1 heterocycles. The van der Waals surface area contributed by atoms with Gasteiger partial charge in [-0.05, 0) is 31.4 Å². The second-order valence-corrected chi connectivity index (χ2v) is 5.73. The standard InChI is InChI=1S/C17H23N3O/c1-2-21-17(10-3-4-11-17)16(20-18)14-9-5-7-13-8-6-12-19-15(13)14/h5-9,12,16,20H,2-4,10-11,18H2,1H3. The Morgan fingerprint density at radius 1 is 1.29 bits per heavy atom. The first-order valence-corrected chi connectivity index (χ1v) is 7.74. The quantitative estimate of drug-likeness (QED) is 0.654. The van der Waals surface area contributed by atoms with Crippen molar-refractivity contribution >= 4 is 10.9 Å². The molecule has 0 radical (unpaired) electrons. The minimum Gasteiger partial charge on any atom is -0.373 e. The van der Waals surface area contributed by atoms with E-state index in [0.717, 1.165) is 29.3 Å². The minimum absolute atomic E-state index is 0.0291. The smallest absolute Gasteiger partial charge is 0.0889 e. The van der Waals surface area contributed by atoms with Gasteiger partial charge in [0.15, 0.2) is 0 Å². The average molecular weight is 285 g/mol. The van der Waals surface area contributed by atoms with E-state index in [-0.39, 0.29) is 11.6 Å². The molecule has 1 saturated carbocycles. The molecule has 1 aliphatic rings. The van der Waals surface area contributed by atoms with E-state index in [4.69, 9.17) is 10.6 Å². The number of para-hydroxylation sites is 1. The molecule has 112 valence electrons. The summed E-state index contributed by atoms with van der Waals surface area (Å²) in [5.74, 6) is 5.93. The monoisotopic (exact) mass is 285 g/mol. The van der Waals surface area contributed by atoms with E-state index >= 15 is 0 Å². The van der Waals surface area contributed by atoms with Gasteiger partial charge in [0.25, 0.3) is 0 Å². The Morgan fingerprint density at radius 3 is 2.76 bits per heavy atom. The number of aromatic nitrogens is 1. The van der Waals surface area contributed by atoms with Crippen molar-refractivity contribution in [2.24, 2.45) is 5.84 Å². The molecular formula is C17H23N3O. The number of nitrogens with one attached hydrogen (secondary N) is 1. The Labute approximate surface area is 125 Å². The summed E-state index contributed by atoms with van der Waals surface area (Å²) in [5, 5.41) is 1.14. The number of pyridine rings is 1. The molecule has 3 rings (SSSR count). The number of hydrazine groups is 1. The molecule has 4 heteroatoms. The van der Waals surface area contributed by atoms with E-state index < -0.39 is 0 Å². The molecular weight excluding hydrogens is 262 g/mol. The van der Waals surface area contributed by atoms with Gasteiger partial charge in [0.05, 0.1) is 17.2 Å². The first-order chi connectivity index (χ1) is 10.3. The van der Waals surface area contributed by atoms with Crippen LogP contribution in [0.3, 0.4) is 0 Å². The Kier molecular flexibility index (Phi) is 4.19. The molecule has 0 spiro atoms. The minimum atomic E-state index is -0.213. The molecule has 1 aromatic carbocycles. The third-order valence-electron chi connectivity index (χ3n) is 4.55. The lowest BCUT2D eigenvalue weighted by Gasteiger charge is -2.37. The lowest BCUT2D eigenvalue weighted by atomic mass is 9.86. The largest absolute Gasteiger partial charge is 0.373 e. The van der Waals surface area contributed by atoms with Crippen LogP contribution >= 0.6 is 0 Å². The van der Waals surface area contributed by atoms with Crippen molar-refractivity contribution < 1.29 is 4.74 Å². The van der Waals surface area contributed by atoms with E-state index in [2.05, 4.69) is 41.6 Å². The third-order valence-corrected chi connectivity index (χ3v) is 4.55. The molecule has 0 aliphatic heterocycles. The molecule has 1 atom stereocenters. The van der Waals surface area contributed by atoms with Crippen LogP contribution < -0.4 is 11.3 Å². The van der Waals surface area contributed by atoms with Crippen molar-refractivity contribution in [3.8, 4) is 0 Å². The van der Waals surface area contributed by atoms with Crippen LogP contribution in [0, 0.1) is 0 Å². The Hall–Kier alpha value is -1.49. The first-order valence-electron chi connectivity index (χ1n) is 7.74. The van der Waals surface area contributed by atoms with Gasteiger partial charge in [-0.15, -0.1) is 0 Å². The zero-order chi connectivity index (χ0) is 14.7. The second kappa shape index (κ2) is 6.10. The molecule has 21 heavy (non-hydrogen) atoms. The van der Waals surface area contributed by atoms with Crippen LogP contribution in [-0.2, 0) is 4.74 Å². The Bertz CT molecular complexity index is 603. The maximum atomic E-state index is 6.18. The third kappa shape index (κ3) is 2.55. The molecule has 1 aromatic heterocycles. The predicted octanol–water partition coefficient (Wildman–Crippen LogP) is 3.09. The number of hydrogen-bond acceptors (Lipinski definition) is 4. The second-order valence-electron chi connectivity index (χ2n) is 5.73. The van der Waals surface area contributed by atoms with Crippen molar-refractivity contribution in [2.75, 3.05) is 6.61 Å². The normalized spacial score (nSPS) is 19.0. The summed E-state index contributed by atoms with van der Waals surface area (Å²) in [5.41, 5.74) is 4.94. The summed E-state index contributed by atoms with van der Waals surface area (Å²) in [6.07, 6.45) is 6.30. The van der Waals surface area contributed by atoms with E-state index in [9.17, 15) is 0 Å². The first kappa shape index (κ1) is 14.4. The fraction of sp³-hybridized carbons (Fsp3) is 0.471. The zero-order valence-electron chi connectivity index (χ0n) is 12.5. The van der Waals surface area contributed by atoms with Gasteiger partial charge < -0.3 is 4.74 Å². The van der Waals surface area contributed by atoms with Crippen molar-refractivity contribution in [1.29, 1.82) is 0 Å². The molecule has 4 nitrogen and oxygen atoms in total. The maximum absolute atomic E-state index is 6.18. The molecule has 0 amide bonds.